The van der Waals surface area contributed by atoms with Crippen molar-refractivity contribution in [3.63, 3.8) is 0 Å². The predicted octanol–water partition coefficient (Wildman–Crippen LogP) is 5.16. The van der Waals surface area contributed by atoms with E-state index in [-0.39, 0.29) is 23.3 Å². The van der Waals surface area contributed by atoms with Crippen LogP contribution in [0.25, 0.3) is 0 Å². The molecule has 0 radical (unpaired) electrons. The van der Waals surface area contributed by atoms with Gasteiger partial charge in [0, 0.05) is 56.2 Å². The fourth-order valence-electron chi connectivity index (χ4n) is 5.61. The maximum Gasteiger partial charge on any atom is 0.256 e. The standard InChI is InChI=1S/C32H35FN4O3/c1-2-27(23-9-4-3-5-10-23)31(39)37-19-17-35(18-20-37)29-14-13-26(22-28(29)32(40)36-15-6-7-16-36)34-30(38)24-11-8-12-25(33)21-24/h3-5,8-14,21-22,27H,2,6-7,15-20H2,1H3,(H,34,38)/t27-/m1/s1. The molecule has 0 saturated carbocycles. The van der Waals surface area contributed by atoms with Crippen LogP contribution in [0.4, 0.5) is 15.8 Å². The molecule has 2 aliphatic rings. The van der Waals surface area contributed by atoms with Gasteiger partial charge in [0.25, 0.3) is 11.8 Å². The number of anilines is 2. The van der Waals surface area contributed by atoms with Gasteiger partial charge < -0.3 is 20.0 Å². The molecule has 7 nitrogen and oxygen atoms in total. The number of carbonyl (C=O) groups is 3. The molecule has 40 heavy (non-hydrogen) atoms. The molecule has 1 N–H and O–H groups in total. The quantitative estimate of drug-likeness (QED) is 0.448. The van der Waals surface area contributed by atoms with Gasteiger partial charge in [0.1, 0.15) is 5.82 Å². The smallest absolute Gasteiger partial charge is 0.256 e. The van der Waals surface area contributed by atoms with Gasteiger partial charge in [-0.25, -0.2) is 4.39 Å². The number of halogens is 1. The highest BCUT2D eigenvalue weighted by atomic mass is 19.1. The lowest BCUT2D eigenvalue weighted by Crippen LogP contribution is -2.50. The number of likely N-dealkylation sites (tertiary alicyclic amines) is 1. The monoisotopic (exact) mass is 542 g/mol. The Labute approximate surface area is 234 Å². The predicted molar refractivity (Wildman–Crippen MR) is 154 cm³/mol. The third-order valence-electron chi connectivity index (χ3n) is 7.81. The van der Waals surface area contributed by atoms with E-state index in [1.807, 2.05) is 53.1 Å². The molecule has 3 aromatic rings. The van der Waals surface area contributed by atoms with Crippen molar-refractivity contribution < 1.29 is 18.8 Å². The van der Waals surface area contributed by atoms with E-state index in [0.29, 0.717) is 50.5 Å². The van der Waals surface area contributed by atoms with Crippen LogP contribution in [-0.4, -0.2) is 66.8 Å². The third kappa shape index (κ3) is 6.01. The van der Waals surface area contributed by atoms with Gasteiger partial charge in [-0.2, -0.15) is 0 Å². The minimum atomic E-state index is -0.487. The first-order valence-electron chi connectivity index (χ1n) is 14.0. The van der Waals surface area contributed by atoms with Crippen LogP contribution in [0.15, 0.2) is 72.8 Å². The molecule has 1 atom stereocenters. The molecule has 2 heterocycles. The van der Waals surface area contributed by atoms with Crippen LogP contribution >= 0.6 is 0 Å². The van der Waals surface area contributed by atoms with Crippen molar-refractivity contribution in [3.8, 4) is 0 Å². The molecule has 5 rings (SSSR count). The Bertz CT molecular complexity index is 1370. The molecule has 0 aliphatic carbocycles. The van der Waals surface area contributed by atoms with Gasteiger partial charge in [-0.1, -0.05) is 43.3 Å². The zero-order valence-electron chi connectivity index (χ0n) is 22.8. The van der Waals surface area contributed by atoms with Gasteiger partial charge in [-0.05, 0) is 61.2 Å². The average Bonchev–Trinajstić information content (AvgIpc) is 3.53. The third-order valence-corrected chi connectivity index (χ3v) is 7.81. The van der Waals surface area contributed by atoms with Crippen LogP contribution in [-0.2, 0) is 4.79 Å². The Hall–Kier alpha value is -4.20. The Morgan fingerprint density at radius 1 is 0.825 bits per heavy atom. The largest absolute Gasteiger partial charge is 0.367 e. The van der Waals surface area contributed by atoms with E-state index < -0.39 is 11.7 Å². The molecule has 0 spiro atoms. The number of hydrogen-bond donors (Lipinski definition) is 1. The first-order chi connectivity index (χ1) is 19.4. The first kappa shape index (κ1) is 27.4. The number of hydrogen-bond acceptors (Lipinski definition) is 4. The number of rotatable bonds is 7. The van der Waals surface area contributed by atoms with Crippen LogP contribution in [0, 0.1) is 5.82 Å². The number of piperazine rings is 1. The molecule has 2 aliphatic heterocycles. The summed E-state index contributed by atoms with van der Waals surface area (Å²) in [6, 6.07) is 20.8. The zero-order chi connectivity index (χ0) is 28.1. The Morgan fingerprint density at radius 2 is 1.55 bits per heavy atom. The van der Waals surface area contributed by atoms with Crippen molar-refractivity contribution in [2.24, 2.45) is 0 Å². The molecule has 3 amide bonds. The van der Waals surface area contributed by atoms with Gasteiger partial charge in [0.05, 0.1) is 11.5 Å². The number of carbonyl (C=O) groups excluding carboxylic acids is 3. The Kier molecular flexibility index (Phi) is 8.43. The minimum Gasteiger partial charge on any atom is -0.367 e. The second-order valence-electron chi connectivity index (χ2n) is 10.4. The second-order valence-corrected chi connectivity index (χ2v) is 10.4. The minimum absolute atomic E-state index is 0.0667. The van der Waals surface area contributed by atoms with E-state index >= 15 is 0 Å². The summed E-state index contributed by atoms with van der Waals surface area (Å²) in [6.45, 7) is 5.79. The molecule has 0 bridgehead atoms. The molecular weight excluding hydrogens is 507 g/mol. The fraction of sp³-hybridized carbons (Fsp3) is 0.344. The summed E-state index contributed by atoms with van der Waals surface area (Å²) < 4.78 is 13.6. The number of amides is 3. The molecule has 2 saturated heterocycles. The van der Waals surface area contributed by atoms with E-state index in [2.05, 4.69) is 10.2 Å². The van der Waals surface area contributed by atoms with E-state index in [1.165, 1.54) is 18.2 Å². The number of nitrogens with one attached hydrogen (secondary N) is 1. The lowest BCUT2D eigenvalue weighted by Gasteiger charge is -2.38. The first-order valence-corrected chi connectivity index (χ1v) is 14.0. The molecule has 2 fully saturated rings. The molecular formula is C32H35FN4O3. The van der Waals surface area contributed by atoms with E-state index in [0.717, 1.165) is 30.5 Å². The molecule has 3 aromatic carbocycles. The highest BCUT2D eigenvalue weighted by molar-refractivity contribution is 6.06. The van der Waals surface area contributed by atoms with Crippen molar-refractivity contribution >= 4 is 29.1 Å². The maximum atomic E-state index is 13.6. The Morgan fingerprint density at radius 3 is 2.23 bits per heavy atom. The van der Waals surface area contributed by atoms with E-state index in [9.17, 15) is 18.8 Å². The second kappa shape index (κ2) is 12.3. The SMILES string of the molecule is CC[C@@H](C(=O)N1CCN(c2ccc(NC(=O)c3cccc(F)c3)cc2C(=O)N2CCCC2)CC1)c1ccccc1. The summed E-state index contributed by atoms with van der Waals surface area (Å²) in [6.07, 6.45) is 2.68. The number of benzene rings is 3. The lowest BCUT2D eigenvalue weighted by atomic mass is 9.94. The van der Waals surface area contributed by atoms with Crippen LogP contribution in [0.2, 0.25) is 0 Å². The molecule has 8 heteroatoms. The molecule has 0 aromatic heterocycles. The summed E-state index contributed by atoms with van der Waals surface area (Å²) in [4.78, 5) is 45.7. The van der Waals surface area contributed by atoms with Crippen molar-refractivity contribution in [1.29, 1.82) is 0 Å². The van der Waals surface area contributed by atoms with Crippen LogP contribution in [0.3, 0.4) is 0 Å². The van der Waals surface area contributed by atoms with E-state index in [4.69, 9.17) is 0 Å². The fourth-order valence-corrected chi connectivity index (χ4v) is 5.61. The van der Waals surface area contributed by atoms with Crippen LogP contribution in [0.5, 0.6) is 0 Å². The zero-order valence-corrected chi connectivity index (χ0v) is 22.8. The maximum absolute atomic E-state index is 13.6. The summed E-state index contributed by atoms with van der Waals surface area (Å²) in [7, 11) is 0. The topological polar surface area (TPSA) is 73.0 Å². The molecule has 208 valence electrons. The van der Waals surface area contributed by atoms with Crippen molar-refractivity contribution in [3.05, 3.63) is 95.3 Å². The van der Waals surface area contributed by atoms with Crippen LogP contribution < -0.4 is 10.2 Å². The highest BCUT2D eigenvalue weighted by Gasteiger charge is 2.30. The molecule has 0 unspecified atom stereocenters. The summed E-state index contributed by atoms with van der Waals surface area (Å²) in [5, 5.41) is 2.81. The van der Waals surface area contributed by atoms with Gasteiger partial charge in [0.2, 0.25) is 5.91 Å². The average molecular weight is 543 g/mol. The summed E-state index contributed by atoms with van der Waals surface area (Å²) in [5.74, 6) is -1.02. The van der Waals surface area contributed by atoms with Crippen molar-refractivity contribution in [2.45, 2.75) is 32.1 Å². The van der Waals surface area contributed by atoms with Gasteiger partial charge >= 0.3 is 0 Å². The van der Waals surface area contributed by atoms with Crippen LogP contribution in [0.1, 0.15) is 58.4 Å². The van der Waals surface area contributed by atoms with Gasteiger partial charge in [-0.15, -0.1) is 0 Å². The Balaban J connectivity index is 1.33. The van der Waals surface area contributed by atoms with Crippen molar-refractivity contribution in [2.75, 3.05) is 49.5 Å². The summed E-state index contributed by atoms with van der Waals surface area (Å²) >= 11 is 0. The van der Waals surface area contributed by atoms with E-state index in [1.54, 1.807) is 18.2 Å². The van der Waals surface area contributed by atoms with Gasteiger partial charge in [0.15, 0.2) is 0 Å². The number of nitrogens with zero attached hydrogens (tertiary/aromatic N) is 3. The lowest BCUT2D eigenvalue weighted by molar-refractivity contribution is -0.133. The van der Waals surface area contributed by atoms with Crippen molar-refractivity contribution in [1.82, 2.24) is 9.80 Å². The van der Waals surface area contributed by atoms with Gasteiger partial charge in [-0.3, -0.25) is 14.4 Å². The highest BCUT2D eigenvalue weighted by Crippen LogP contribution is 2.29. The summed E-state index contributed by atoms with van der Waals surface area (Å²) in [5.41, 5.74) is 3.03. The normalized spacial score (nSPS) is 16.1.